The van der Waals surface area contributed by atoms with Crippen LogP contribution in [0.1, 0.15) is 24.8 Å². The summed E-state index contributed by atoms with van der Waals surface area (Å²) in [6, 6.07) is 6.41. The highest BCUT2D eigenvalue weighted by Crippen LogP contribution is 2.50. The van der Waals surface area contributed by atoms with Crippen LogP contribution in [0.3, 0.4) is 0 Å². The van der Waals surface area contributed by atoms with Crippen molar-refractivity contribution in [3.63, 3.8) is 0 Å². The molecule has 0 N–H and O–H groups in total. The van der Waals surface area contributed by atoms with Gasteiger partial charge in [0.25, 0.3) is 0 Å². The van der Waals surface area contributed by atoms with Gasteiger partial charge < -0.3 is 9.64 Å². The molecule has 1 saturated carbocycles. The average molecular weight is 288 g/mol. The number of nitriles is 1. The number of carbonyl (C=O) groups excluding carboxylic acids is 1. The van der Waals surface area contributed by atoms with Crippen molar-refractivity contribution in [3.05, 3.63) is 29.6 Å². The summed E-state index contributed by atoms with van der Waals surface area (Å²) in [7, 11) is 1.41. The van der Waals surface area contributed by atoms with Gasteiger partial charge in [0, 0.05) is 13.1 Å². The number of rotatable bonds is 2. The predicted octanol–water partition coefficient (Wildman–Crippen LogP) is 2.48. The lowest BCUT2D eigenvalue weighted by Gasteiger charge is -2.26. The van der Waals surface area contributed by atoms with Crippen LogP contribution in [0.25, 0.3) is 0 Å². The van der Waals surface area contributed by atoms with Gasteiger partial charge in [-0.1, -0.05) is 6.42 Å². The van der Waals surface area contributed by atoms with Crippen LogP contribution >= 0.6 is 0 Å². The van der Waals surface area contributed by atoms with Crippen LogP contribution < -0.4 is 4.90 Å². The smallest absolute Gasteiger partial charge is 0.313 e. The fraction of sp³-hybridized carbons (Fsp3) is 0.500. The third-order valence-corrected chi connectivity index (χ3v) is 4.88. The van der Waals surface area contributed by atoms with Gasteiger partial charge in [-0.3, -0.25) is 4.79 Å². The molecule has 0 spiro atoms. The fourth-order valence-corrected chi connectivity index (χ4v) is 3.84. The lowest BCUT2D eigenvalue weighted by Crippen LogP contribution is -2.37. The minimum Gasteiger partial charge on any atom is -0.469 e. The Labute approximate surface area is 123 Å². The Hall–Kier alpha value is -2.09. The first-order valence-electron chi connectivity index (χ1n) is 7.14. The van der Waals surface area contributed by atoms with E-state index in [9.17, 15) is 9.18 Å². The van der Waals surface area contributed by atoms with Crippen LogP contribution in [-0.2, 0) is 9.53 Å². The molecular formula is C16H17FN2O2. The summed E-state index contributed by atoms with van der Waals surface area (Å²) in [6.07, 6.45) is 2.80. The molecule has 2 unspecified atom stereocenters. The molecule has 1 aliphatic heterocycles. The van der Waals surface area contributed by atoms with Crippen LogP contribution in [0.2, 0.25) is 0 Å². The Morgan fingerprint density at radius 2 is 2.38 bits per heavy atom. The van der Waals surface area contributed by atoms with E-state index in [1.165, 1.54) is 13.2 Å². The second kappa shape index (κ2) is 5.03. The van der Waals surface area contributed by atoms with Crippen molar-refractivity contribution in [1.82, 2.24) is 0 Å². The summed E-state index contributed by atoms with van der Waals surface area (Å²) in [5.41, 5.74) is 0.278. The lowest BCUT2D eigenvalue weighted by atomic mass is 9.81. The number of methoxy groups -OCH3 is 1. The summed E-state index contributed by atoms with van der Waals surface area (Å²) in [5.74, 6) is -0.365. The Kier molecular flexibility index (Phi) is 3.32. The van der Waals surface area contributed by atoms with E-state index < -0.39 is 11.2 Å². The average Bonchev–Trinajstić information content (AvgIpc) is 3.03. The monoisotopic (exact) mass is 288 g/mol. The molecule has 1 aromatic rings. The molecule has 5 heteroatoms. The summed E-state index contributed by atoms with van der Waals surface area (Å²) < 4.78 is 19.2. The molecule has 2 atom stereocenters. The molecule has 1 heterocycles. The topological polar surface area (TPSA) is 53.3 Å². The molecule has 0 amide bonds. The van der Waals surface area contributed by atoms with Crippen molar-refractivity contribution >= 4 is 11.7 Å². The van der Waals surface area contributed by atoms with Crippen molar-refractivity contribution in [3.8, 4) is 6.07 Å². The quantitative estimate of drug-likeness (QED) is 0.785. The zero-order valence-electron chi connectivity index (χ0n) is 11.9. The maximum atomic E-state index is 14.2. The van der Waals surface area contributed by atoms with Crippen molar-refractivity contribution in [1.29, 1.82) is 5.26 Å². The highest BCUT2D eigenvalue weighted by molar-refractivity contribution is 5.80. The molecule has 1 aliphatic carbocycles. The molecule has 0 aromatic heterocycles. The second-order valence-electron chi connectivity index (χ2n) is 5.90. The van der Waals surface area contributed by atoms with E-state index in [-0.39, 0.29) is 11.9 Å². The third-order valence-electron chi connectivity index (χ3n) is 4.88. The zero-order chi connectivity index (χ0) is 15.0. The van der Waals surface area contributed by atoms with Gasteiger partial charge in [0.15, 0.2) is 0 Å². The molecule has 0 radical (unpaired) electrons. The number of esters is 1. The summed E-state index contributed by atoms with van der Waals surface area (Å²) in [4.78, 5) is 14.1. The lowest BCUT2D eigenvalue weighted by molar-refractivity contribution is -0.152. The van der Waals surface area contributed by atoms with Gasteiger partial charge in [0.2, 0.25) is 0 Å². The molecule has 3 rings (SSSR count). The van der Waals surface area contributed by atoms with Gasteiger partial charge in [0.05, 0.1) is 29.8 Å². The number of ether oxygens (including phenoxy) is 1. The molecule has 0 bridgehead atoms. The largest absolute Gasteiger partial charge is 0.469 e. The number of fused-ring (bicyclic) bond motifs is 1. The van der Waals surface area contributed by atoms with Crippen molar-refractivity contribution in [2.24, 2.45) is 11.3 Å². The van der Waals surface area contributed by atoms with Crippen molar-refractivity contribution in [2.75, 3.05) is 25.1 Å². The Morgan fingerprint density at radius 3 is 3.05 bits per heavy atom. The summed E-state index contributed by atoms with van der Waals surface area (Å²) in [6.45, 7) is 1.16. The highest BCUT2D eigenvalue weighted by Gasteiger charge is 2.55. The van der Waals surface area contributed by atoms with Gasteiger partial charge >= 0.3 is 5.97 Å². The van der Waals surface area contributed by atoms with Gasteiger partial charge in [-0.15, -0.1) is 0 Å². The molecule has 2 aliphatic rings. The van der Waals surface area contributed by atoms with Crippen LogP contribution in [0.4, 0.5) is 10.1 Å². The normalized spacial score (nSPS) is 27.3. The first kappa shape index (κ1) is 13.9. The summed E-state index contributed by atoms with van der Waals surface area (Å²) >= 11 is 0. The molecule has 1 aromatic carbocycles. The van der Waals surface area contributed by atoms with Crippen molar-refractivity contribution < 1.29 is 13.9 Å². The number of hydrogen-bond donors (Lipinski definition) is 0. The van der Waals surface area contributed by atoms with Crippen LogP contribution in [-0.4, -0.2) is 26.2 Å². The first-order valence-corrected chi connectivity index (χ1v) is 7.14. The number of hydrogen-bond acceptors (Lipinski definition) is 4. The van der Waals surface area contributed by atoms with E-state index in [0.717, 1.165) is 19.3 Å². The van der Waals surface area contributed by atoms with E-state index in [2.05, 4.69) is 0 Å². The number of benzene rings is 1. The zero-order valence-corrected chi connectivity index (χ0v) is 11.9. The number of carbonyl (C=O) groups is 1. The van der Waals surface area contributed by atoms with Crippen molar-refractivity contribution in [2.45, 2.75) is 19.3 Å². The number of halogens is 1. The van der Waals surface area contributed by atoms with Gasteiger partial charge in [-0.2, -0.15) is 5.26 Å². The van der Waals surface area contributed by atoms with E-state index in [1.54, 1.807) is 12.1 Å². The Bertz CT molecular complexity index is 625. The van der Waals surface area contributed by atoms with E-state index in [4.69, 9.17) is 10.00 Å². The second-order valence-corrected chi connectivity index (χ2v) is 5.90. The number of anilines is 1. The van der Waals surface area contributed by atoms with Gasteiger partial charge in [-0.25, -0.2) is 4.39 Å². The minimum atomic E-state index is -0.491. The number of nitrogens with zero attached hydrogens (tertiary/aromatic N) is 2. The molecular weight excluding hydrogens is 271 g/mol. The summed E-state index contributed by atoms with van der Waals surface area (Å²) in [5, 5.41) is 8.80. The maximum absolute atomic E-state index is 14.2. The molecule has 21 heavy (non-hydrogen) atoms. The first-order chi connectivity index (χ1) is 10.1. The molecule has 1 saturated heterocycles. The van der Waals surface area contributed by atoms with Gasteiger partial charge in [0.1, 0.15) is 5.82 Å². The maximum Gasteiger partial charge on any atom is 0.313 e. The minimum absolute atomic E-state index is 0.179. The van der Waals surface area contributed by atoms with Crippen LogP contribution in [0.15, 0.2) is 18.2 Å². The van der Waals surface area contributed by atoms with E-state index in [1.807, 2.05) is 11.0 Å². The Morgan fingerprint density at radius 1 is 1.57 bits per heavy atom. The van der Waals surface area contributed by atoms with Gasteiger partial charge in [-0.05, 0) is 37.0 Å². The van der Waals surface area contributed by atoms with E-state index >= 15 is 0 Å². The Balaban J connectivity index is 1.90. The van der Waals surface area contributed by atoms with Crippen LogP contribution in [0, 0.1) is 28.5 Å². The fourth-order valence-electron chi connectivity index (χ4n) is 3.84. The molecule has 2 fully saturated rings. The molecule has 110 valence electrons. The predicted molar refractivity (Wildman–Crippen MR) is 75.1 cm³/mol. The SMILES string of the molecule is COC(=O)C12CCCC1CN(c1ccc(C#N)cc1F)C2. The van der Waals surface area contributed by atoms with Crippen LogP contribution in [0.5, 0.6) is 0 Å². The standard InChI is InChI=1S/C16H17FN2O2/c1-21-15(20)16-6-2-3-12(16)9-19(10-16)14-5-4-11(8-18)7-13(14)17/h4-5,7,12H,2-3,6,9-10H2,1H3. The van der Waals surface area contributed by atoms with E-state index in [0.29, 0.717) is 24.3 Å². The highest BCUT2D eigenvalue weighted by atomic mass is 19.1. The molecule has 4 nitrogen and oxygen atoms in total. The third kappa shape index (κ3) is 2.06.